The molecule has 1 aromatic carbocycles. The Morgan fingerprint density at radius 1 is 1.12 bits per heavy atom. The molecule has 0 aliphatic rings. The summed E-state index contributed by atoms with van der Waals surface area (Å²) in [4.78, 5) is 17.4. The summed E-state index contributed by atoms with van der Waals surface area (Å²) in [7, 11) is 0. The fraction of sp³-hybridized carbons (Fsp3) is 0.400. The number of rotatable bonds is 6. The van der Waals surface area contributed by atoms with E-state index in [2.05, 4.69) is 62.3 Å². The number of aromatic nitrogens is 2. The van der Waals surface area contributed by atoms with Crippen LogP contribution in [0.1, 0.15) is 56.5 Å². The van der Waals surface area contributed by atoms with Crippen LogP contribution >= 0.6 is 11.3 Å². The molecule has 132 valence electrons. The van der Waals surface area contributed by atoms with Gasteiger partial charge < -0.3 is 5.32 Å². The van der Waals surface area contributed by atoms with Crippen molar-refractivity contribution in [2.75, 3.05) is 0 Å². The lowest BCUT2D eigenvalue weighted by atomic mass is 9.93. The zero-order valence-electron chi connectivity index (χ0n) is 15.2. The summed E-state index contributed by atoms with van der Waals surface area (Å²) < 4.78 is 1.58. The van der Waals surface area contributed by atoms with Gasteiger partial charge >= 0.3 is 0 Å². The quantitative estimate of drug-likeness (QED) is 0.714. The Labute approximate surface area is 152 Å². The first-order valence-electron chi connectivity index (χ1n) is 8.74. The number of thiazole rings is 1. The van der Waals surface area contributed by atoms with Crippen LogP contribution in [0, 0.1) is 5.92 Å². The third-order valence-electron chi connectivity index (χ3n) is 4.49. The molecular formula is C20H25N3OS. The van der Waals surface area contributed by atoms with Crippen LogP contribution in [-0.2, 0) is 6.54 Å². The van der Waals surface area contributed by atoms with E-state index >= 15 is 0 Å². The van der Waals surface area contributed by atoms with Crippen molar-refractivity contribution in [2.24, 2.45) is 5.92 Å². The van der Waals surface area contributed by atoms with E-state index < -0.39 is 0 Å². The fourth-order valence-corrected chi connectivity index (χ4v) is 3.76. The van der Waals surface area contributed by atoms with Gasteiger partial charge in [-0.2, -0.15) is 0 Å². The molecule has 5 heteroatoms. The maximum Gasteiger partial charge on any atom is 0.258 e. The normalized spacial score (nSPS) is 13.0. The molecule has 0 fully saturated rings. The van der Waals surface area contributed by atoms with Gasteiger partial charge in [0.2, 0.25) is 0 Å². The molecule has 3 aromatic rings. The molecule has 0 saturated heterocycles. The lowest BCUT2D eigenvalue weighted by Gasteiger charge is -2.23. The van der Waals surface area contributed by atoms with Gasteiger partial charge in [-0.25, -0.2) is 4.98 Å². The standard InChI is InChI=1S/C20H25N3OS/c1-13(2)15-5-7-16(8-6-15)19(14(3)4)21-12-17-11-18(24)23-9-10-25-20(23)22-17/h5-11,13-14,19,21H,12H2,1-4H3/t19-/m0/s1. The molecule has 1 N–H and O–H groups in total. The second-order valence-electron chi connectivity index (χ2n) is 7.07. The number of benzene rings is 1. The Morgan fingerprint density at radius 2 is 1.80 bits per heavy atom. The van der Waals surface area contributed by atoms with Crippen molar-refractivity contribution in [2.45, 2.75) is 46.2 Å². The molecule has 3 rings (SSSR count). The van der Waals surface area contributed by atoms with Gasteiger partial charge in [-0.15, -0.1) is 11.3 Å². The van der Waals surface area contributed by atoms with E-state index in [0.29, 0.717) is 18.4 Å². The number of nitrogens with one attached hydrogen (secondary N) is 1. The smallest absolute Gasteiger partial charge is 0.258 e. The van der Waals surface area contributed by atoms with Crippen molar-refractivity contribution in [1.82, 2.24) is 14.7 Å². The fourth-order valence-electron chi connectivity index (χ4n) is 3.02. The first-order valence-corrected chi connectivity index (χ1v) is 9.62. The van der Waals surface area contributed by atoms with Crippen molar-refractivity contribution in [3.63, 3.8) is 0 Å². The summed E-state index contributed by atoms with van der Waals surface area (Å²) in [5.74, 6) is 0.977. The Bertz CT molecular complexity index is 893. The van der Waals surface area contributed by atoms with Gasteiger partial charge in [0, 0.05) is 30.2 Å². The van der Waals surface area contributed by atoms with Crippen LogP contribution in [0.2, 0.25) is 0 Å². The summed E-state index contributed by atoms with van der Waals surface area (Å²) in [6.07, 6.45) is 1.76. The number of hydrogen-bond acceptors (Lipinski definition) is 4. The summed E-state index contributed by atoms with van der Waals surface area (Å²) in [5, 5.41) is 5.46. The monoisotopic (exact) mass is 355 g/mol. The maximum atomic E-state index is 12.1. The average molecular weight is 356 g/mol. The Balaban J connectivity index is 1.78. The van der Waals surface area contributed by atoms with E-state index in [9.17, 15) is 4.79 Å². The number of hydrogen-bond donors (Lipinski definition) is 1. The van der Waals surface area contributed by atoms with Crippen molar-refractivity contribution in [1.29, 1.82) is 0 Å². The summed E-state index contributed by atoms with van der Waals surface area (Å²) in [6, 6.07) is 10.7. The molecule has 0 radical (unpaired) electrons. The van der Waals surface area contributed by atoms with Crippen LogP contribution < -0.4 is 10.9 Å². The molecule has 2 aromatic heterocycles. The molecule has 4 nitrogen and oxygen atoms in total. The lowest BCUT2D eigenvalue weighted by molar-refractivity contribution is 0.408. The first kappa shape index (κ1) is 17.8. The second kappa shape index (κ2) is 7.50. The third kappa shape index (κ3) is 3.99. The van der Waals surface area contributed by atoms with E-state index in [1.54, 1.807) is 16.7 Å². The highest BCUT2D eigenvalue weighted by atomic mass is 32.1. The molecule has 0 unspecified atom stereocenters. The van der Waals surface area contributed by atoms with Crippen LogP contribution in [0.25, 0.3) is 4.96 Å². The highest BCUT2D eigenvalue weighted by Gasteiger charge is 2.16. The minimum atomic E-state index is -0.0227. The summed E-state index contributed by atoms with van der Waals surface area (Å²) in [5.41, 5.74) is 3.39. The van der Waals surface area contributed by atoms with E-state index in [0.717, 1.165) is 10.7 Å². The molecule has 0 aliphatic heterocycles. The van der Waals surface area contributed by atoms with E-state index in [1.807, 2.05) is 5.38 Å². The van der Waals surface area contributed by atoms with Gasteiger partial charge in [-0.3, -0.25) is 9.20 Å². The molecule has 2 heterocycles. The average Bonchev–Trinajstić information content (AvgIpc) is 3.04. The predicted octanol–water partition coefficient (Wildman–Crippen LogP) is 4.37. The van der Waals surface area contributed by atoms with Crippen LogP contribution in [-0.4, -0.2) is 9.38 Å². The topological polar surface area (TPSA) is 46.4 Å². The third-order valence-corrected chi connectivity index (χ3v) is 5.24. The van der Waals surface area contributed by atoms with Crippen molar-refractivity contribution in [3.05, 3.63) is 69.1 Å². The van der Waals surface area contributed by atoms with Gasteiger partial charge in [-0.05, 0) is 23.0 Å². The zero-order chi connectivity index (χ0) is 18.0. The molecule has 0 saturated carbocycles. The van der Waals surface area contributed by atoms with Crippen molar-refractivity contribution >= 4 is 16.3 Å². The number of fused-ring (bicyclic) bond motifs is 1. The predicted molar refractivity (Wildman–Crippen MR) is 104 cm³/mol. The van der Waals surface area contributed by atoms with E-state index in [-0.39, 0.29) is 11.6 Å². The Kier molecular flexibility index (Phi) is 5.35. The van der Waals surface area contributed by atoms with Crippen LogP contribution in [0.5, 0.6) is 0 Å². The molecule has 0 aliphatic carbocycles. The summed E-state index contributed by atoms with van der Waals surface area (Å²) in [6.45, 7) is 9.41. The number of nitrogens with zero attached hydrogens (tertiary/aromatic N) is 2. The van der Waals surface area contributed by atoms with Crippen LogP contribution in [0.4, 0.5) is 0 Å². The van der Waals surface area contributed by atoms with Gasteiger partial charge in [0.25, 0.3) is 5.56 Å². The Hall–Kier alpha value is -1.98. The van der Waals surface area contributed by atoms with E-state index in [4.69, 9.17) is 0 Å². The lowest BCUT2D eigenvalue weighted by Crippen LogP contribution is -2.27. The molecule has 1 atom stereocenters. The minimum absolute atomic E-state index is 0.0227. The Morgan fingerprint density at radius 3 is 2.44 bits per heavy atom. The van der Waals surface area contributed by atoms with Crippen LogP contribution in [0.15, 0.2) is 46.7 Å². The SMILES string of the molecule is CC(C)c1ccc([C@@H](NCc2cc(=O)n3ccsc3n2)C(C)C)cc1. The largest absolute Gasteiger partial charge is 0.304 e. The first-order chi connectivity index (χ1) is 12.0. The minimum Gasteiger partial charge on any atom is -0.304 e. The molecule has 0 spiro atoms. The highest BCUT2D eigenvalue weighted by molar-refractivity contribution is 7.15. The molecule has 25 heavy (non-hydrogen) atoms. The molecular weight excluding hydrogens is 330 g/mol. The van der Waals surface area contributed by atoms with Gasteiger partial charge in [0.15, 0.2) is 4.96 Å². The maximum absolute atomic E-state index is 12.1. The van der Waals surface area contributed by atoms with E-state index in [1.165, 1.54) is 22.5 Å². The van der Waals surface area contributed by atoms with Crippen molar-refractivity contribution < 1.29 is 0 Å². The molecule has 0 amide bonds. The second-order valence-corrected chi connectivity index (χ2v) is 7.94. The van der Waals surface area contributed by atoms with Gasteiger partial charge in [0.05, 0.1) is 5.69 Å². The van der Waals surface area contributed by atoms with Gasteiger partial charge in [0.1, 0.15) is 0 Å². The molecule has 0 bridgehead atoms. The van der Waals surface area contributed by atoms with Crippen molar-refractivity contribution in [3.8, 4) is 0 Å². The zero-order valence-corrected chi connectivity index (χ0v) is 16.0. The summed E-state index contributed by atoms with van der Waals surface area (Å²) >= 11 is 1.48. The van der Waals surface area contributed by atoms with Crippen LogP contribution in [0.3, 0.4) is 0 Å². The highest BCUT2D eigenvalue weighted by Crippen LogP contribution is 2.24. The van der Waals surface area contributed by atoms with Gasteiger partial charge in [-0.1, -0.05) is 52.0 Å².